The molecule has 0 saturated carbocycles. The van der Waals surface area contributed by atoms with Crippen LogP contribution in [0.25, 0.3) is 0 Å². The maximum absolute atomic E-state index is 13.6. The van der Waals surface area contributed by atoms with Crippen molar-refractivity contribution in [1.29, 1.82) is 0 Å². The first-order valence-electron chi connectivity index (χ1n) is 11.8. The minimum atomic E-state index is -1.33. The highest BCUT2D eigenvalue weighted by Gasteiger charge is 2.46. The smallest absolute Gasteiger partial charge is 0.340 e. The Morgan fingerprint density at radius 3 is 2.23 bits per heavy atom. The van der Waals surface area contributed by atoms with Gasteiger partial charge in [-0.2, -0.15) is 4.98 Å². The summed E-state index contributed by atoms with van der Waals surface area (Å²) in [5.74, 6) is -2.05. The van der Waals surface area contributed by atoms with Gasteiger partial charge in [0.25, 0.3) is 5.56 Å². The number of carbonyl (C=O) groups excluding carboxylic acids is 2. The summed E-state index contributed by atoms with van der Waals surface area (Å²) in [4.78, 5) is 45.1. The van der Waals surface area contributed by atoms with E-state index in [1.807, 2.05) is 62.3 Å². The van der Waals surface area contributed by atoms with Crippen LogP contribution in [0.5, 0.6) is 5.88 Å². The lowest BCUT2D eigenvalue weighted by molar-refractivity contribution is -0.151. The Balaban J connectivity index is 2.19. The van der Waals surface area contributed by atoms with Gasteiger partial charge in [-0.15, -0.1) is 0 Å². The maximum Gasteiger partial charge on any atom is 0.340 e. The molecule has 9 nitrogen and oxygen atoms in total. The topological polar surface area (TPSA) is 109 Å². The molecule has 3 rings (SSSR count). The van der Waals surface area contributed by atoms with Gasteiger partial charge in [-0.25, -0.2) is 4.79 Å². The third-order valence-corrected chi connectivity index (χ3v) is 5.89. The van der Waals surface area contributed by atoms with E-state index in [-0.39, 0.29) is 46.9 Å². The predicted molar refractivity (Wildman–Crippen MR) is 133 cm³/mol. The number of nitrogens with zero attached hydrogens (tertiary/aromatic N) is 2. The molecule has 0 saturated heterocycles. The molecule has 0 amide bonds. The largest absolute Gasteiger partial charge is 0.464 e. The lowest BCUT2D eigenvalue weighted by atomic mass is 9.89. The first-order valence-corrected chi connectivity index (χ1v) is 12.8. The standard InChI is InChI=1S/C25H37N3O6S/c1-23(2,3)12-32-20(30)14-15-17(26-22-28(19(15)29)10-11-35-22)34-18(27-25(7,8)9)16(14)21(31)33-13-24(4,5)6/h14,27H,10-13H2,1-9H3. The Labute approximate surface area is 211 Å². The first kappa shape index (κ1) is 27.1. The van der Waals surface area contributed by atoms with E-state index in [2.05, 4.69) is 10.3 Å². The van der Waals surface area contributed by atoms with Gasteiger partial charge < -0.3 is 19.5 Å². The Morgan fingerprint density at radius 2 is 1.66 bits per heavy atom. The summed E-state index contributed by atoms with van der Waals surface area (Å²) in [6.45, 7) is 18.0. The number of nitrogens with one attached hydrogen (secondary N) is 1. The molecule has 10 heteroatoms. The Bertz CT molecular complexity index is 1100. The Hall–Kier alpha value is -2.49. The zero-order valence-corrected chi connectivity index (χ0v) is 23.0. The summed E-state index contributed by atoms with van der Waals surface area (Å²) in [7, 11) is 0. The summed E-state index contributed by atoms with van der Waals surface area (Å²) < 4.78 is 18.8. The van der Waals surface area contributed by atoms with Crippen LogP contribution in [0.1, 0.15) is 73.8 Å². The fourth-order valence-electron chi connectivity index (χ4n) is 3.43. The van der Waals surface area contributed by atoms with Crippen molar-refractivity contribution in [2.75, 3.05) is 19.0 Å². The van der Waals surface area contributed by atoms with Gasteiger partial charge in [-0.1, -0.05) is 53.3 Å². The molecule has 3 heterocycles. The van der Waals surface area contributed by atoms with Gasteiger partial charge in [-0.05, 0) is 31.6 Å². The van der Waals surface area contributed by atoms with Gasteiger partial charge in [0, 0.05) is 17.8 Å². The molecule has 1 aromatic rings. The molecule has 2 aliphatic rings. The highest BCUT2D eigenvalue weighted by Crippen LogP contribution is 2.40. The summed E-state index contributed by atoms with van der Waals surface area (Å²) in [5.41, 5.74) is -1.64. The van der Waals surface area contributed by atoms with Crippen LogP contribution in [0, 0.1) is 10.8 Å². The van der Waals surface area contributed by atoms with Crippen molar-refractivity contribution < 1.29 is 23.8 Å². The zero-order valence-electron chi connectivity index (χ0n) is 22.2. The average Bonchev–Trinajstić information content (AvgIpc) is 3.16. The van der Waals surface area contributed by atoms with E-state index in [9.17, 15) is 14.4 Å². The molecule has 0 aliphatic carbocycles. The molecule has 194 valence electrons. The van der Waals surface area contributed by atoms with Gasteiger partial charge >= 0.3 is 11.9 Å². The molecule has 1 N–H and O–H groups in total. The van der Waals surface area contributed by atoms with Crippen molar-refractivity contribution in [2.45, 2.75) is 85.5 Å². The van der Waals surface area contributed by atoms with Crippen LogP contribution in [0.15, 0.2) is 21.4 Å². The molecule has 35 heavy (non-hydrogen) atoms. The molecule has 1 atom stereocenters. The predicted octanol–water partition coefficient (Wildman–Crippen LogP) is 3.60. The van der Waals surface area contributed by atoms with Crippen LogP contribution >= 0.6 is 11.8 Å². The molecular formula is C25H37N3O6S. The lowest BCUT2D eigenvalue weighted by Gasteiger charge is -2.32. The number of rotatable bonds is 5. The highest BCUT2D eigenvalue weighted by molar-refractivity contribution is 7.99. The lowest BCUT2D eigenvalue weighted by Crippen LogP contribution is -2.44. The number of hydrogen-bond acceptors (Lipinski definition) is 9. The van der Waals surface area contributed by atoms with Crippen molar-refractivity contribution in [1.82, 2.24) is 14.9 Å². The number of esters is 2. The van der Waals surface area contributed by atoms with Crippen molar-refractivity contribution in [3.63, 3.8) is 0 Å². The zero-order chi connectivity index (χ0) is 26.3. The van der Waals surface area contributed by atoms with E-state index in [0.717, 1.165) is 0 Å². The van der Waals surface area contributed by atoms with Gasteiger partial charge in [0.2, 0.25) is 11.8 Å². The molecule has 1 unspecified atom stereocenters. The van der Waals surface area contributed by atoms with Crippen LogP contribution in [0.3, 0.4) is 0 Å². The third kappa shape index (κ3) is 6.59. The fraction of sp³-hybridized carbons (Fsp3) is 0.680. The van der Waals surface area contributed by atoms with E-state index in [1.54, 1.807) is 0 Å². The highest BCUT2D eigenvalue weighted by atomic mass is 32.2. The number of fused-ring (bicyclic) bond motifs is 2. The average molecular weight is 508 g/mol. The van der Waals surface area contributed by atoms with E-state index in [4.69, 9.17) is 14.2 Å². The van der Waals surface area contributed by atoms with Crippen molar-refractivity contribution in [3.8, 4) is 5.88 Å². The second-order valence-electron chi connectivity index (χ2n) is 12.4. The third-order valence-electron chi connectivity index (χ3n) is 4.93. The number of aromatic nitrogens is 2. The van der Waals surface area contributed by atoms with Gasteiger partial charge in [0.05, 0.1) is 18.8 Å². The van der Waals surface area contributed by atoms with E-state index in [1.165, 1.54) is 16.3 Å². The fourth-order valence-corrected chi connectivity index (χ4v) is 4.36. The van der Waals surface area contributed by atoms with Crippen molar-refractivity contribution in [2.24, 2.45) is 10.8 Å². The normalized spacial score (nSPS) is 17.9. The summed E-state index contributed by atoms with van der Waals surface area (Å²) in [6.07, 6.45) is 0. The van der Waals surface area contributed by atoms with E-state index in [0.29, 0.717) is 17.5 Å². The molecule has 0 fully saturated rings. The van der Waals surface area contributed by atoms with Crippen LogP contribution < -0.4 is 15.6 Å². The van der Waals surface area contributed by atoms with Gasteiger partial charge in [0.15, 0.2) is 5.16 Å². The maximum atomic E-state index is 13.6. The van der Waals surface area contributed by atoms with E-state index < -0.39 is 29.0 Å². The molecule has 0 bridgehead atoms. The second kappa shape index (κ2) is 9.52. The number of hydrogen-bond donors (Lipinski definition) is 1. The van der Waals surface area contributed by atoms with Crippen LogP contribution in [0.2, 0.25) is 0 Å². The number of carbonyl (C=O) groups is 2. The van der Waals surface area contributed by atoms with Gasteiger partial charge in [0.1, 0.15) is 11.5 Å². The van der Waals surface area contributed by atoms with Crippen LogP contribution in [0.4, 0.5) is 0 Å². The quantitative estimate of drug-likeness (QED) is 0.472. The summed E-state index contributed by atoms with van der Waals surface area (Å²) in [6, 6.07) is 0. The number of ether oxygens (including phenoxy) is 3. The molecule has 1 aromatic heterocycles. The minimum absolute atomic E-state index is 0.00247. The van der Waals surface area contributed by atoms with Crippen molar-refractivity contribution in [3.05, 3.63) is 27.4 Å². The Morgan fingerprint density at radius 1 is 1.06 bits per heavy atom. The summed E-state index contributed by atoms with van der Waals surface area (Å²) in [5, 5.41) is 3.68. The number of thioether (sulfide) groups is 1. The van der Waals surface area contributed by atoms with Crippen LogP contribution in [-0.2, 0) is 25.6 Å². The van der Waals surface area contributed by atoms with E-state index >= 15 is 0 Å². The molecule has 2 aliphatic heterocycles. The Kier molecular flexibility index (Phi) is 7.37. The summed E-state index contributed by atoms with van der Waals surface area (Å²) >= 11 is 1.44. The van der Waals surface area contributed by atoms with Gasteiger partial charge in [-0.3, -0.25) is 14.2 Å². The molecule has 0 spiro atoms. The molecular weight excluding hydrogens is 470 g/mol. The molecule has 0 aromatic carbocycles. The first-order chi connectivity index (χ1) is 16.0. The van der Waals surface area contributed by atoms with Crippen molar-refractivity contribution >= 4 is 23.7 Å². The molecule has 0 radical (unpaired) electrons. The second-order valence-corrected chi connectivity index (χ2v) is 13.4. The monoisotopic (exact) mass is 507 g/mol. The minimum Gasteiger partial charge on any atom is -0.464 e. The SMILES string of the molecule is CC(C)(C)COC(=O)C1=C(NC(C)(C)C)Oc2nc3n(c(=O)c2C1C(=O)OCC(C)(C)C)CCS3. The van der Waals surface area contributed by atoms with Crippen LogP contribution in [-0.4, -0.2) is 46.0 Å².